The standard InChI is InChI=1S/C18H20F2OS/c1-18(2,3)13-7-11(17(21)12(8-13)10-22)9-14-15(19)5-4-6-16(14)20/h4-8,21-22H,9-10H2,1-3H3. The first-order chi connectivity index (χ1) is 10.2. The normalized spacial score (nSPS) is 11.7. The van der Waals surface area contributed by atoms with Crippen molar-refractivity contribution in [3.63, 3.8) is 0 Å². The molecule has 0 bridgehead atoms. The average molecular weight is 322 g/mol. The Hall–Kier alpha value is -1.55. The van der Waals surface area contributed by atoms with Crippen LogP contribution in [0.3, 0.4) is 0 Å². The number of benzene rings is 2. The van der Waals surface area contributed by atoms with E-state index >= 15 is 0 Å². The molecule has 0 aliphatic carbocycles. The lowest BCUT2D eigenvalue weighted by Crippen LogP contribution is -2.12. The van der Waals surface area contributed by atoms with Gasteiger partial charge in [0.2, 0.25) is 0 Å². The molecule has 0 amide bonds. The maximum atomic E-state index is 13.8. The number of phenols is 1. The molecule has 0 radical (unpaired) electrons. The highest BCUT2D eigenvalue weighted by Crippen LogP contribution is 2.33. The molecule has 0 saturated carbocycles. The quantitative estimate of drug-likeness (QED) is 0.763. The van der Waals surface area contributed by atoms with E-state index in [1.807, 2.05) is 12.1 Å². The van der Waals surface area contributed by atoms with Gasteiger partial charge in [-0.15, -0.1) is 0 Å². The maximum absolute atomic E-state index is 13.8. The van der Waals surface area contributed by atoms with Crippen LogP contribution < -0.4 is 0 Å². The summed E-state index contributed by atoms with van der Waals surface area (Å²) >= 11 is 4.23. The van der Waals surface area contributed by atoms with Gasteiger partial charge in [0.15, 0.2) is 0 Å². The maximum Gasteiger partial charge on any atom is 0.129 e. The van der Waals surface area contributed by atoms with Crippen LogP contribution >= 0.6 is 12.6 Å². The highest BCUT2D eigenvalue weighted by atomic mass is 32.1. The zero-order valence-corrected chi connectivity index (χ0v) is 13.8. The fourth-order valence-corrected chi connectivity index (χ4v) is 2.58. The van der Waals surface area contributed by atoms with Gasteiger partial charge in [-0.1, -0.05) is 39.0 Å². The SMILES string of the molecule is CC(C)(C)c1cc(CS)c(O)c(Cc2c(F)cccc2F)c1. The summed E-state index contributed by atoms with van der Waals surface area (Å²) in [7, 11) is 0. The van der Waals surface area contributed by atoms with E-state index in [1.54, 1.807) is 0 Å². The van der Waals surface area contributed by atoms with Crippen molar-refractivity contribution in [2.75, 3.05) is 0 Å². The minimum atomic E-state index is -0.604. The van der Waals surface area contributed by atoms with Crippen LogP contribution in [0, 0.1) is 11.6 Å². The number of halogens is 2. The van der Waals surface area contributed by atoms with Gasteiger partial charge < -0.3 is 5.11 Å². The van der Waals surface area contributed by atoms with E-state index in [1.165, 1.54) is 18.2 Å². The van der Waals surface area contributed by atoms with Gasteiger partial charge in [-0.2, -0.15) is 12.6 Å². The number of hydrogen-bond acceptors (Lipinski definition) is 2. The first-order valence-electron chi connectivity index (χ1n) is 7.13. The third kappa shape index (κ3) is 3.43. The van der Waals surface area contributed by atoms with Gasteiger partial charge in [-0.25, -0.2) is 8.78 Å². The zero-order chi connectivity index (χ0) is 16.5. The van der Waals surface area contributed by atoms with E-state index in [0.717, 1.165) is 5.56 Å². The summed E-state index contributed by atoms with van der Waals surface area (Å²) in [6, 6.07) is 7.49. The van der Waals surface area contributed by atoms with Gasteiger partial charge in [0, 0.05) is 23.3 Å². The Morgan fingerprint density at radius 2 is 1.59 bits per heavy atom. The van der Waals surface area contributed by atoms with Crippen LogP contribution in [-0.2, 0) is 17.6 Å². The molecule has 4 heteroatoms. The van der Waals surface area contributed by atoms with Crippen LogP contribution in [0.15, 0.2) is 30.3 Å². The second-order valence-corrected chi connectivity index (χ2v) is 6.74. The van der Waals surface area contributed by atoms with Crippen molar-refractivity contribution < 1.29 is 13.9 Å². The van der Waals surface area contributed by atoms with E-state index < -0.39 is 11.6 Å². The molecule has 0 saturated heterocycles. The Morgan fingerprint density at radius 1 is 1.05 bits per heavy atom. The topological polar surface area (TPSA) is 20.2 Å². The summed E-state index contributed by atoms with van der Waals surface area (Å²) < 4.78 is 27.7. The molecular formula is C18H20F2OS. The molecule has 1 N–H and O–H groups in total. The van der Waals surface area contributed by atoms with Crippen LogP contribution in [0.4, 0.5) is 8.78 Å². The second kappa shape index (κ2) is 6.29. The fraction of sp³-hybridized carbons (Fsp3) is 0.333. The van der Waals surface area contributed by atoms with Crippen LogP contribution in [0.2, 0.25) is 0 Å². The van der Waals surface area contributed by atoms with Gasteiger partial charge in [-0.3, -0.25) is 0 Å². The first-order valence-corrected chi connectivity index (χ1v) is 7.76. The van der Waals surface area contributed by atoms with Crippen LogP contribution in [0.25, 0.3) is 0 Å². The minimum Gasteiger partial charge on any atom is -0.507 e. The largest absolute Gasteiger partial charge is 0.507 e. The lowest BCUT2D eigenvalue weighted by Gasteiger charge is -2.22. The van der Waals surface area contributed by atoms with E-state index in [9.17, 15) is 13.9 Å². The van der Waals surface area contributed by atoms with E-state index in [4.69, 9.17) is 0 Å². The monoisotopic (exact) mass is 322 g/mol. The predicted octanol–water partition coefficient (Wildman–Crippen LogP) is 4.99. The summed E-state index contributed by atoms with van der Waals surface area (Å²) in [5, 5.41) is 10.3. The van der Waals surface area contributed by atoms with Crippen molar-refractivity contribution in [2.24, 2.45) is 0 Å². The second-order valence-electron chi connectivity index (χ2n) is 6.43. The molecule has 1 nitrogen and oxygen atoms in total. The third-order valence-corrected chi connectivity index (χ3v) is 4.07. The highest BCUT2D eigenvalue weighted by Gasteiger charge is 2.20. The van der Waals surface area contributed by atoms with Gasteiger partial charge in [-0.05, 0) is 28.7 Å². The number of rotatable bonds is 3. The molecular weight excluding hydrogens is 302 g/mol. The Balaban J connectivity index is 2.55. The molecule has 118 valence electrons. The van der Waals surface area contributed by atoms with E-state index in [-0.39, 0.29) is 23.1 Å². The Labute approximate surface area is 135 Å². The molecule has 2 aromatic rings. The van der Waals surface area contributed by atoms with Crippen molar-refractivity contribution in [1.29, 1.82) is 0 Å². The van der Waals surface area contributed by atoms with Crippen LogP contribution in [0.5, 0.6) is 5.75 Å². The minimum absolute atomic E-state index is 0.00897. The average Bonchev–Trinajstić information content (AvgIpc) is 2.43. The molecule has 0 aliphatic heterocycles. The van der Waals surface area contributed by atoms with Gasteiger partial charge in [0.25, 0.3) is 0 Å². The lowest BCUT2D eigenvalue weighted by atomic mass is 9.84. The highest BCUT2D eigenvalue weighted by molar-refractivity contribution is 7.79. The first kappa shape index (κ1) is 16.8. The van der Waals surface area contributed by atoms with Gasteiger partial charge in [0.1, 0.15) is 17.4 Å². The predicted molar refractivity (Wildman–Crippen MR) is 88.7 cm³/mol. The summed E-state index contributed by atoms with van der Waals surface area (Å²) in [6.07, 6.45) is 0.00897. The molecule has 0 fully saturated rings. The molecule has 0 aliphatic rings. The molecule has 0 unspecified atom stereocenters. The number of thiol groups is 1. The molecule has 2 rings (SSSR count). The summed E-state index contributed by atoms with van der Waals surface area (Å²) in [6.45, 7) is 6.15. The molecule has 0 aromatic heterocycles. The van der Waals surface area contributed by atoms with Crippen LogP contribution in [-0.4, -0.2) is 5.11 Å². The number of hydrogen-bond donors (Lipinski definition) is 2. The Morgan fingerprint density at radius 3 is 2.09 bits per heavy atom. The van der Waals surface area contributed by atoms with Gasteiger partial charge in [0.05, 0.1) is 0 Å². The van der Waals surface area contributed by atoms with Gasteiger partial charge >= 0.3 is 0 Å². The fourth-order valence-electron chi connectivity index (χ4n) is 2.34. The third-order valence-electron chi connectivity index (χ3n) is 3.73. The molecule has 0 atom stereocenters. The van der Waals surface area contributed by atoms with Crippen molar-refractivity contribution in [3.8, 4) is 5.75 Å². The zero-order valence-electron chi connectivity index (χ0n) is 13.0. The number of phenolic OH excluding ortho intramolecular Hbond substituents is 1. The number of aromatic hydroxyl groups is 1. The Kier molecular flexibility index (Phi) is 4.81. The van der Waals surface area contributed by atoms with E-state index in [0.29, 0.717) is 16.9 Å². The molecule has 0 heterocycles. The molecule has 2 aromatic carbocycles. The van der Waals surface area contributed by atoms with Crippen molar-refractivity contribution in [1.82, 2.24) is 0 Å². The smallest absolute Gasteiger partial charge is 0.129 e. The lowest BCUT2D eigenvalue weighted by molar-refractivity contribution is 0.462. The molecule has 22 heavy (non-hydrogen) atoms. The van der Waals surface area contributed by atoms with Crippen molar-refractivity contribution in [2.45, 2.75) is 38.4 Å². The van der Waals surface area contributed by atoms with Crippen molar-refractivity contribution >= 4 is 12.6 Å². The van der Waals surface area contributed by atoms with E-state index in [2.05, 4.69) is 33.4 Å². The Bertz CT molecular complexity index is 670. The summed E-state index contributed by atoms with van der Waals surface area (Å²) in [5.74, 6) is -0.783. The molecule has 0 spiro atoms. The van der Waals surface area contributed by atoms with Crippen LogP contribution in [0.1, 0.15) is 43.0 Å². The summed E-state index contributed by atoms with van der Waals surface area (Å²) in [5.41, 5.74) is 2.02. The summed E-state index contributed by atoms with van der Waals surface area (Å²) in [4.78, 5) is 0. The van der Waals surface area contributed by atoms with Crippen molar-refractivity contribution in [3.05, 3.63) is 64.2 Å².